The SMILES string of the molecule is O=C1C(Cc2ccco2)Nc2c(-c3ccc(F)cc3)nc(-c3ccccc3)c[n+]21. The van der Waals surface area contributed by atoms with Crippen molar-refractivity contribution in [3.05, 3.63) is 90.8 Å². The summed E-state index contributed by atoms with van der Waals surface area (Å²) in [5, 5.41) is 3.28. The van der Waals surface area contributed by atoms with Crippen LogP contribution in [0.25, 0.3) is 22.5 Å². The average molecular weight is 386 g/mol. The second-order valence-corrected chi connectivity index (χ2v) is 6.88. The third-order valence-corrected chi connectivity index (χ3v) is 4.97. The van der Waals surface area contributed by atoms with Gasteiger partial charge in [0.05, 0.1) is 12.7 Å². The fourth-order valence-corrected chi connectivity index (χ4v) is 3.53. The van der Waals surface area contributed by atoms with Crippen molar-refractivity contribution in [1.29, 1.82) is 0 Å². The van der Waals surface area contributed by atoms with Crippen molar-refractivity contribution in [3.63, 3.8) is 0 Å². The molecule has 1 unspecified atom stereocenters. The molecular formula is C23H17FN3O2+. The van der Waals surface area contributed by atoms with Gasteiger partial charge in [0.2, 0.25) is 6.04 Å². The number of aromatic nitrogens is 2. The Morgan fingerprint density at radius 3 is 2.52 bits per heavy atom. The second-order valence-electron chi connectivity index (χ2n) is 6.88. The first kappa shape index (κ1) is 17.3. The molecule has 2 aromatic heterocycles. The van der Waals surface area contributed by atoms with Crippen LogP contribution in [-0.4, -0.2) is 16.9 Å². The first-order valence-electron chi connectivity index (χ1n) is 9.30. The highest BCUT2D eigenvalue weighted by Crippen LogP contribution is 2.30. The maximum Gasteiger partial charge on any atom is 0.359 e. The van der Waals surface area contributed by atoms with Crippen LogP contribution in [0.1, 0.15) is 10.6 Å². The van der Waals surface area contributed by atoms with Crippen LogP contribution >= 0.6 is 0 Å². The Bertz CT molecular complexity index is 1170. The van der Waals surface area contributed by atoms with E-state index in [-0.39, 0.29) is 11.7 Å². The summed E-state index contributed by atoms with van der Waals surface area (Å²) in [6.45, 7) is 0. The molecule has 1 aliphatic heterocycles. The van der Waals surface area contributed by atoms with E-state index in [4.69, 9.17) is 9.40 Å². The van der Waals surface area contributed by atoms with Crippen LogP contribution in [0.4, 0.5) is 10.2 Å². The lowest BCUT2D eigenvalue weighted by molar-refractivity contribution is -0.551. The van der Waals surface area contributed by atoms with Crippen LogP contribution in [0.15, 0.2) is 83.6 Å². The van der Waals surface area contributed by atoms with Crippen molar-refractivity contribution in [2.24, 2.45) is 0 Å². The van der Waals surface area contributed by atoms with Crippen molar-refractivity contribution in [1.82, 2.24) is 4.98 Å². The summed E-state index contributed by atoms with van der Waals surface area (Å²) in [4.78, 5) is 17.9. The number of nitrogens with zero attached hydrogens (tertiary/aromatic N) is 2. The highest BCUT2D eigenvalue weighted by molar-refractivity contribution is 5.86. The molecule has 0 spiro atoms. The number of carbonyl (C=O) groups excluding carboxylic acids is 1. The minimum absolute atomic E-state index is 0.0839. The summed E-state index contributed by atoms with van der Waals surface area (Å²) in [7, 11) is 0. The maximum atomic E-state index is 13.5. The monoisotopic (exact) mass is 386 g/mol. The molecule has 0 radical (unpaired) electrons. The topological polar surface area (TPSA) is 59.0 Å². The Morgan fingerprint density at radius 2 is 1.79 bits per heavy atom. The number of hydrogen-bond acceptors (Lipinski definition) is 4. The smallest absolute Gasteiger partial charge is 0.359 e. The molecule has 0 fully saturated rings. The van der Waals surface area contributed by atoms with E-state index in [1.807, 2.05) is 36.4 Å². The standard InChI is InChI=1S/C23H16FN3O2/c24-17-10-8-16(9-11-17)21-22-26-19(13-18-7-4-12-29-18)23(28)27(22)14-20(25-21)15-5-2-1-3-6-15/h1-12,14,19H,13H2/p+1. The van der Waals surface area contributed by atoms with E-state index in [0.717, 1.165) is 16.9 Å². The van der Waals surface area contributed by atoms with Crippen LogP contribution in [0.2, 0.25) is 0 Å². The van der Waals surface area contributed by atoms with Gasteiger partial charge in [-0.2, -0.15) is 4.57 Å². The molecular weight excluding hydrogens is 369 g/mol. The van der Waals surface area contributed by atoms with Gasteiger partial charge in [-0.1, -0.05) is 30.3 Å². The van der Waals surface area contributed by atoms with Gasteiger partial charge in [0.1, 0.15) is 23.5 Å². The molecule has 0 saturated heterocycles. The van der Waals surface area contributed by atoms with Gasteiger partial charge in [0, 0.05) is 11.1 Å². The van der Waals surface area contributed by atoms with Crippen LogP contribution in [0, 0.1) is 5.82 Å². The summed E-state index contributed by atoms with van der Waals surface area (Å²) in [5.41, 5.74) is 2.89. The molecule has 1 atom stereocenters. The normalized spacial score (nSPS) is 15.2. The van der Waals surface area contributed by atoms with Gasteiger partial charge >= 0.3 is 11.7 Å². The number of nitrogens with one attached hydrogen (secondary N) is 1. The highest BCUT2D eigenvalue weighted by atomic mass is 19.1. The molecule has 4 aromatic rings. The average Bonchev–Trinajstić information content (AvgIpc) is 3.37. The lowest BCUT2D eigenvalue weighted by atomic mass is 10.1. The Kier molecular flexibility index (Phi) is 4.17. The fraction of sp³-hybridized carbons (Fsp3) is 0.0870. The van der Waals surface area contributed by atoms with E-state index >= 15 is 0 Å². The predicted octanol–water partition coefficient (Wildman–Crippen LogP) is 4.11. The molecule has 29 heavy (non-hydrogen) atoms. The molecule has 5 rings (SSSR count). The van der Waals surface area contributed by atoms with Gasteiger partial charge in [0.15, 0.2) is 5.69 Å². The molecule has 2 aromatic carbocycles. The van der Waals surface area contributed by atoms with Crippen LogP contribution < -0.4 is 9.88 Å². The van der Waals surface area contributed by atoms with Crippen molar-refractivity contribution in [2.75, 3.05) is 5.32 Å². The van der Waals surface area contributed by atoms with E-state index in [0.29, 0.717) is 23.6 Å². The zero-order valence-electron chi connectivity index (χ0n) is 15.4. The second kappa shape index (κ2) is 6.98. The Labute approximate surface area is 166 Å². The number of anilines is 1. The van der Waals surface area contributed by atoms with E-state index in [1.165, 1.54) is 12.1 Å². The largest absolute Gasteiger partial charge is 0.469 e. The molecule has 1 N–H and O–H groups in total. The number of furan rings is 1. The number of halogens is 1. The highest BCUT2D eigenvalue weighted by Gasteiger charge is 2.41. The Morgan fingerprint density at radius 1 is 1.00 bits per heavy atom. The van der Waals surface area contributed by atoms with Gasteiger partial charge in [-0.25, -0.2) is 14.2 Å². The third kappa shape index (κ3) is 3.18. The van der Waals surface area contributed by atoms with Crippen molar-refractivity contribution >= 4 is 11.7 Å². The van der Waals surface area contributed by atoms with E-state index in [2.05, 4.69) is 5.32 Å². The molecule has 3 heterocycles. The van der Waals surface area contributed by atoms with Gasteiger partial charge in [-0.15, -0.1) is 0 Å². The van der Waals surface area contributed by atoms with Crippen LogP contribution in [-0.2, 0) is 6.42 Å². The number of fused-ring (bicyclic) bond motifs is 1. The Balaban J connectivity index is 1.63. The predicted molar refractivity (Wildman–Crippen MR) is 106 cm³/mol. The lowest BCUT2D eigenvalue weighted by Gasteiger charge is -2.07. The van der Waals surface area contributed by atoms with Gasteiger partial charge < -0.3 is 4.42 Å². The number of carbonyl (C=O) groups is 1. The summed E-state index contributed by atoms with van der Waals surface area (Å²) in [6, 6.07) is 18.9. The molecule has 0 saturated carbocycles. The summed E-state index contributed by atoms with van der Waals surface area (Å²) in [6.07, 6.45) is 3.76. The van der Waals surface area contributed by atoms with E-state index in [1.54, 1.807) is 35.2 Å². The third-order valence-electron chi connectivity index (χ3n) is 4.97. The van der Waals surface area contributed by atoms with Crippen molar-refractivity contribution in [2.45, 2.75) is 12.5 Å². The molecule has 0 amide bonds. The van der Waals surface area contributed by atoms with Gasteiger partial charge in [-0.3, -0.25) is 5.32 Å². The minimum Gasteiger partial charge on any atom is -0.469 e. The van der Waals surface area contributed by atoms with E-state index < -0.39 is 6.04 Å². The van der Waals surface area contributed by atoms with Crippen LogP contribution in [0.3, 0.4) is 0 Å². The zero-order valence-corrected chi connectivity index (χ0v) is 15.4. The minimum atomic E-state index is -0.465. The molecule has 5 nitrogen and oxygen atoms in total. The number of benzene rings is 2. The zero-order chi connectivity index (χ0) is 19.8. The molecule has 6 heteroatoms. The first-order valence-corrected chi connectivity index (χ1v) is 9.30. The van der Waals surface area contributed by atoms with Gasteiger partial charge in [0.25, 0.3) is 0 Å². The fourth-order valence-electron chi connectivity index (χ4n) is 3.53. The molecule has 142 valence electrons. The summed E-state index contributed by atoms with van der Waals surface area (Å²) in [5.74, 6) is 0.915. The molecule has 1 aliphatic rings. The molecule has 0 aliphatic carbocycles. The number of hydrogen-bond donors (Lipinski definition) is 1. The quantitative estimate of drug-likeness (QED) is 0.536. The molecule has 0 bridgehead atoms. The lowest BCUT2D eigenvalue weighted by Crippen LogP contribution is -2.43. The van der Waals surface area contributed by atoms with Gasteiger partial charge in [-0.05, 0) is 36.4 Å². The van der Waals surface area contributed by atoms with Crippen molar-refractivity contribution in [3.8, 4) is 22.5 Å². The Hall–Kier alpha value is -3.80. The maximum absolute atomic E-state index is 13.5. The first-order chi connectivity index (χ1) is 14.2. The van der Waals surface area contributed by atoms with E-state index in [9.17, 15) is 9.18 Å². The summed E-state index contributed by atoms with van der Waals surface area (Å²) >= 11 is 0. The summed E-state index contributed by atoms with van der Waals surface area (Å²) < 4.78 is 20.5. The van der Waals surface area contributed by atoms with Crippen LogP contribution in [0.5, 0.6) is 0 Å². The number of rotatable bonds is 4. The van der Waals surface area contributed by atoms with Crippen molar-refractivity contribution < 1.29 is 18.2 Å².